The highest BCUT2D eigenvalue weighted by atomic mass is 35.5. The standard InChI is InChI=1S/C30H30ClF2N7O5/c31-21-8-22-19(11-35-38-22)23-18(21)2-6-43-29(41)44-14-17-13-39(5-7-42-17)27-20-10-34-26(23)24(33)25(20)36-28(37-27)45-15-30-3-1-4-40(30)12-16(32)9-30/h8,10-11,16-17H,1-7,9,12-15H2,(H,35,38)/t16-,17-,30+/m1/s1. The van der Waals surface area contributed by atoms with E-state index >= 15 is 4.39 Å². The highest BCUT2D eigenvalue weighted by Crippen LogP contribution is 2.42. The maximum atomic E-state index is 16.9. The molecule has 236 valence electrons. The number of hydrogen-bond acceptors (Lipinski definition) is 11. The van der Waals surface area contributed by atoms with Gasteiger partial charge in [0, 0.05) is 54.6 Å². The van der Waals surface area contributed by atoms with Gasteiger partial charge in [-0.05, 0) is 31.0 Å². The zero-order chi connectivity index (χ0) is 30.7. The number of rotatable bonds is 3. The van der Waals surface area contributed by atoms with Crippen molar-refractivity contribution in [1.29, 1.82) is 0 Å². The molecular weight excluding hydrogens is 612 g/mol. The highest BCUT2D eigenvalue weighted by Gasteiger charge is 2.49. The Morgan fingerprint density at radius 1 is 1.16 bits per heavy atom. The highest BCUT2D eigenvalue weighted by molar-refractivity contribution is 6.33. The monoisotopic (exact) mass is 641 g/mol. The maximum Gasteiger partial charge on any atom is 0.508 e. The van der Waals surface area contributed by atoms with E-state index in [2.05, 4.69) is 25.1 Å². The van der Waals surface area contributed by atoms with E-state index in [0.29, 0.717) is 70.9 Å². The number of benzene rings is 1. The smallest absolute Gasteiger partial charge is 0.461 e. The molecule has 5 aliphatic rings. The number of ether oxygens (including phenoxy) is 4. The summed E-state index contributed by atoms with van der Waals surface area (Å²) in [5, 5.41) is 8.32. The molecule has 8 heterocycles. The maximum absolute atomic E-state index is 16.9. The molecule has 0 spiro atoms. The first-order valence-corrected chi connectivity index (χ1v) is 15.5. The number of anilines is 1. The average molecular weight is 642 g/mol. The Hall–Kier alpha value is -3.88. The van der Waals surface area contributed by atoms with Gasteiger partial charge < -0.3 is 23.8 Å². The predicted octanol–water partition coefficient (Wildman–Crippen LogP) is 4.23. The molecule has 1 aromatic carbocycles. The van der Waals surface area contributed by atoms with Crippen LogP contribution in [-0.4, -0.2) is 107 Å². The number of H-pyrrole nitrogens is 1. The summed E-state index contributed by atoms with van der Waals surface area (Å²) in [6.45, 7) is 2.33. The first-order chi connectivity index (χ1) is 21.9. The number of carbonyl (C=O) groups excluding carboxylic acids is 1. The predicted molar refractivity (Wildman–Crippen MR) is 159 cm³/mol. The van der Waals surface area contributed by atoms with E-state index in [1.807, 2.05) is 4.90 Å². The minimum atomic E-state index is -0.920. The van der Waals surface area contributed by atoms with Gasteiger partial charge in [-0.15, -0.1) is 0 Å². The third-order valence-electron chi connectivity index (χ3n) is 9.31. The van der Waals surface area contributed by atoms with Crippen molar-refractivity contribution in [3.8, 4) is 17.3 Å². The molecule has 15 heteroatoms. The second-order valence-electron chi connectivity index (χ2n) is 12.0. The van der Waals surface area contributed by atoms with Crippen molar-refractivity contribution < 1.29 is 32.5 Å². The molecule has 3 saturated heterocycles. The number of aromatic amines is 1. The second-order valence-corrected chi connectivity index (χ2v) is 12.4. The van der Waals surface area contributed by atoms with Crippen LogP contribution in [0.3, 0.4) is 0 Å². The number of hydrogen-bond donors (Lipinski definition) is 1. The van der Waals surface area contributed by atoms with Crippen LogP contribution >= 0.6 is 11.6 Å². The van der Waals surface area contributed by atoms with E-state index in [4.69, 9.17) is 35.5 Å². The molecule has 0 aliphatic carbocycles. The molecule has 45 heavy (non-hydrogen) atoms. The fourth-order valence-corrected chi connectivity index (χ4v) is 7.52. The molecule has 3 fully saturated rings. The van der Waals surface area contributed by atoms with Crippen LogP contribution in [0.1, 0.15) is 24.8 Å². The van der Waals surface area contributed by atoms with Gasteiger partial charge in [0.15, 0.2) is 5.82 Å². The molecule has 4 aromatic rings. The zero-order valence-electron chi connectivity index (χ0n) is 24.2. The largest absolute Gasteiger partial charge is 0.508 e. The number of morpholine rings is 1. The lowest BCUT2D eigenvalue weighted by Gasteiger charge is -2.34. The van der Waals surface area contributed by atoms with Crippen LogP contribution in [0.2, 0.25) is 5.02 Å². The molecule has 0 unspecified atom stereocenters. The fourth-order valence-electron chi connectivity index (χ4n) is 7.22. The van der Waals surface area contributed by atoms with E-state index < -0.39 is 29.8 Å². The van der Waals surface area contributed by atoms with Crippen LogP contribution < -0.4 is 9.64 Å². The Bertz CT molecular complexity index is 1810. The number of alkyl halides is 1. The Labute approximate surface area is 260 Å². The van der Waals surface area contributed by atoms with Crippen molar-refractivity contribution in [2.24, 2.45) is 0 Å². The van der Waals surface area contributed by atoms with E-state index in [0.717, 1.165) is 19.4 Å². The lowest BCUT2D eigenvalue weighted by Crippen LogP contribution is -2.45. The third-order valence-corrected chi connectivity index (χ3v) is 9.65. The topological polar surface area (TPSA) is 128 Å². The normalized spacial score (nSPS) is 25.5. The lowest BCUT2D eigenvalue weighted by atomic mass is 9.95. The number of pyridine rings is 1. The molecule has 0 amide bonds. The Morgan fingerprint density at radius 3 is 2.98 bits per heavy atom. The van der Waals surface area contributed by atoms with Crippen LogP contribution in [0.4, 0.5) is 19.4 Å². The third kappa shape index (κ3) is 4.99. The van der Waals surface area contributed by atoms with Gasteiger partial charge in [0.1, 0.15) is 42.5 Å². The van der Waals surface area contributed by atoms with Crippen LogP contribution in [-0.2, 0) is 20.6 Å². The molecule has 1 N–H and O–H groups in total. The van der Waals surface area contributed by atoms with E-state index in [1.54, 1.807) is 18.5 Å². The van der Waals surface area contributed by atoms with Gasteiger partial charge in [-0.2, -0.15) is 15.1 Å². The van der Waals surface area contributed by atoms with Crippen molar-refractivity contribution in [3.05, 3.63) is 34.9 Å². The minimum absolute atomic E-state index is 0.00755. The number of nitrogens with one attached hydrogen (secondary N) is 1. The molecule has 12 nitrogen and oxygen atoms in total. The first-order valence-electron chi connectivity index (χ1n) is 15.1. The molecule has 3 aromatic heterocycles. The van der Waals surface area contributed by atoms with Crippen molar-refractivity contribution in [3.63, 3.8) is 0 Å². The van der Waals surface area contributed by atoms with Gasteiger partial charge in [0.25, 0.3) is 0 Å². The summed E-state index contributed by atoms with van der Waals surface area (Å²) in [5.74, 6) is -0.277. The molecule has 6 bridgehead atoms. The Morgan fingerprint density at radius 2 is 2.07 bits per heavy atom. The lowest BCUT2D eigenvalue weighted by molar-refractivity contribution is -0.0223. The number of halogens is 3. The van der Waals surface area contributed by atoms with Crippen molar-refractivity contribution in [2.45, 2.75) is 43.5 Å². The molecule has 0 saturated carbocycles. The van der Waals surface area contributed by atoms with E-state index in [1.165, 1.54) is 0 Å². The van der Waals surface area contributed by atoms with Crippen LogP contribution in [0.25, 0.3) is 33.1 Å². The van der Waals surface area contributed by atoms with Crippen LogP contribution in [0, 0.1) is 5.82 Å². The Kier molecular flexibility index (Phi) is 7.10. The van der Waals surface area contributed by atoms with E-state index in [9.17, 15) is 9.18 Å². The SMILES string of the molecule is O=C1OCCc2c(Cl)cc3[nH]ncc3c2-c2ncc3c(nc(OC[C@@]45CCCN4C[C@H](F)C5)nc3c2F)N2CCO[C@@H](CO1)C2. The number of carbonyl (C=O) groups is 1. The molecule has 3 atom stereocenters. The van der Waals surface area contributed by atoms with Gasteiger partial charge in [0.05, 0.1) is 35.9 Å². The quantitative estimate of drug-likeness (QED) is 0.323. The fraction of sp³-hybridized carbons (Fsp3) is 0.500. The number of aromatic nitrogens is 5. The van der Waals surface area contributed by atoms with Crippen LogP contribution in [0.15, 0.2) is 18.5 Å². The average Bonchev–Trinajstić information content (AvgIpc) is 3.73. The summed E-state index contributed by atoms with van der Waals surface area (Å²) < 4.78 is 54.1. The molecule has 5 aliphatic heterocycles. The number of fused-ring (bicyclic) bond motifs is 8. The van der Waals surface area contributed by atoms with Crippen molar-refractivity contribution in [2.75, 3.05) is 57.5 Å². The second kappa shape index (κ2) is 11.2. The summed E-state index contributed by atoms with van der Waals surface area (Å²) in [7, 11) is 0. The summed E-state index contributed by atoms with van der Waals surface area (Å²) >= 11 is 6.70. The van der Waals surface area contributed by atoms with Gasteiger partial charge in [-0.25, -0.2) is 13.6 Å². The van der Waals surface area contributed by atoms with Gasteiger partial charge in [-0.3, -0.25) is 15.0 Å². The minimum Gasteiger partial charge on any atom is -0.461 e. The van der Waals surface area contributed by atoms with Crippen LogP contribution in [0.5, 0.6) is 6.01 Å². The van der Waals surface area contributed by atoms with Crippen molar-refractivity contribution in [1.82, 2.24) is 30.0 Å². The first kappa shape index (κ1) is 28.6. The molecular formula is C30H30ClF2N7O5. The zero-order valence-corrected chi connectivity index (χ0v) is 25.0. The molecule has 9 rings (SSSR count). The summed E-state index contributed by atoms with van der Waals surface area (Å²) in [5.41, 5.74) is 1.11. The Balaban J connectivity index is 1.29. The van der Waals surface area contributed by atoms with Crippen molar-refractivity contribution >= 4 is 45.4 Å². The summed E-state index contributed by atoms with van der Waals surface area (Å²) in [4.78, 5) is 30.4. The number of nitrogens with zero attached hydrogens (tertiary/aromatic N) is 6. The molecule has 0 radical (unpaired) electrons. The van der Waals surface area contributed by atoms with Gasteiger partial charge >= 0.3 is 12.2 Å². The van der Waals surface area contributed by atoms with Gasteiger partial charge in [-0.1, -0.05) is 11.6 Å². The summed E-state index contributed by atoms with van der Waals surface area (Å²) in [6.07, 6.45) is 3.18. The summed E-state index contributed by atoms with van der Waals surface area (Å²) in [6, 6.07) is 1.67. The van der Waals surface area contributed by atoms with E-state index in [-0.39, 0.29) is 43.5 Å². The van der Waals surface area contributed by atoms with Gasteiger partial charge in [0.2, 0.25) is 0 Å².